The number of amides is 1. The van der Waals surface area contributed by atoms with E-state index in [0.717, 1.165) is 44.0 Å². The zero-order chi connectivity index (χ0) is 17.9. The summed E-state index contributed by atoms with van der Waals surface area (Å²) >= 11 is 1.76. The SMILES string of the molecule is CNCC1CCN(C(=O)c2cc(S(=O)(=O)N3CCSCC3)c[nH]2)CC1.Cl. The normalized spacial score (nSPS) is 20.0. The van der Waals surface area contributed by atoms with Crippen molar-refractivity contribution in [2.45, 2.75) is 17.7 Å². The molecule has 26 heavy (non-hydrogen) atoms. The molecule has 1 aromatic heterocycles. The molecule has 0 aliphatic carbocycles. The lowest BCUT2D eigenvalue weighted by Gasteiger charge is -2.31. The fourth-order valence-electron chi connectivity index (χ4n) is 3.38. The van der Waals surface area contributed by atoms with Gasteiger partial charge in [-0.3, -0.25) is 4.79 Å². The second-order valence-corrected chi connectivity index (χ2v) is 9.72. The third-order valence-corrected chi connectivity index (χ3v) is 7.71. The van der Waals surface area contributed by atoms with Gasteiger partial charge in [0.1, 0.15) is 10.6 Å². The van der Waals surface area contributed by atoms with Crippen molar-refractivity contribution < 1.29 is 13.2 Å². The minimum Gasteiger partial charge on any atom is -0.356 e. The number of rotatable bonds is 5. The Hall–Kier alpha value is -0.740. The largest absolute Gasteiger partial charge is 0.356 e. The monoisotopic (exact) mass is 422 g/mol. The molecule has 0 radical (unpaired) electrons. The summed E-state index contributed by atoms with van der Waals surface area (Å²) in [6.07, 6.45) is 3.39. The maximum absolute atomic E-state index is 12.7. The highest BCUT2D eigenvalue weighted by Gasteiger charge is 2.29. The van der Waals surface area contributed by atoms with Gasteiger partial charge in [-0.05, 0) is 38.4 Å². The van der Waals surface area contributed by atoms with E-state index in [1.807, 2.05) is 11.9 Å². The highest BCUT2D eigenvalue weighted by molar-refractivity contribution is 7.99. The van der Waals surface area contributed by atoms with E-state index in [1.54, 1.807) is 11.8 Å². The van der Waals surface area contributed by atoms with Crippen molar-refractivity contribution in [3.05, 3.63) is 18.0 Å². The number of halogens is 1. The average Bonchev–Trinajstić information content (AvgIpc) is 3.14. The van der Waals surface area contributed by atoms with Crippen LogP contribution in [0.5, 0.6) is 0 Å². The molecule has 0 aromatic carbocycles. The summed E-state index contributed by atoms with van der Waals surface area (Å²) < 4.78 is 26.9. The molecule has 1 aromatic rings. The van der Waals surface area contributed by atoms with Crippen LogP contribution < -0.4 is 5.32 Å². The molecule has 2 saturated heterocycles. The van der Waals surface area contributed by atoms with Crippen molar-refractivity contribution in [1.82, 2.24) is 19.5 Å². The molecular formula is C16H27ClN4O3S2. The van der Waals surface area contributed by atoms with Gasteiger partial charge in [0, 0.05) is 43.9 Å². The van der Waals surface area contributed by atoms with E-state index in [-0.39, 0.29) is 23.2 Å². The van der Waals surface area contributed by atoms with Crippen LogP contribution in [0.2, 0.25) is 0 Å². The van der Waals surface area contributed by atoms with Gasteiger partial charge in [0.25, 0.3) is 5.91 Å². The summed E-state index contributed by atoms with van der Waals surface area (Å²) in [4.78, 5) is 17.5. The van der Waals surface area contributed by atoms with Gasteiger partial charge in [-0.25, -0.2) is 8.42 Å². The summed E-state index contributed by atoms with van der Waals surface area (Å²) in [6.45, 7) is 3.47. The smallest absolute Gasteiger partial charge is 0.270 e. The molecule has 148 valence electrons. The Morgan fingerprint density at radius 2 is 1.92 bits per heavy atom. The van der Waals surface area contributed by atoms with Gasteiger partial charge in [0.2, 0.25) is 10.0 Å². The van der Waals surface area contributed by atoms with Crippen LogP contribution in [0, 0.1) is 5.92 Å². The van der Waals surface area contributed by atoms with E-state index in [0.29, 0.717) is 24.7 Å². The summed E-state index contributed by atoms with van der Waals surface area (Å²) in [5.74, 6) is 2.12. The topological polar surface area (TPSA) is 85.5 Å². The van der Waals surface area contributed by atoms with Crippen molar-refractivity contribution in [2.75, 3.05) is 51.3 Å². The van der Waals surface area contributed by atoms with E-state index < -0.39 is 10.0 Å². The minimum absolute atomic E-state index is 0. The minimum atomic E-state index is -3.51. The molecule has 0 saturated carbocycles. The van der Waals surface area contributed by atoms with Gasteiger partial charge in [-0.2, -0.15) is 16.1 Å². The number of nitrogens with one attached hydrogen (secondary N) is 2. The molecule has 2 fully saturated rings. The molecule has 7 nitrogen and oxygen atoms in total. The highest BCUT2D eigenvalue weighted by Crippen LogP contribution is 2.23. The summed E-state index contributed by atoms with van der Waals surface area (Å²) in [5.41, 5.74) is 0.358. The number of thioether (sulfide) groups is 1. The molecule has 0 bridgehead atoms. The number of likely N-dealkylation sites (tertiary alicyclic amines) is 1. The van der Waals surface area contributed by atoms with Crippen LogP contribution in [0.3, 0.4) is 0 Å². The van der Waals surface area contributed by atoms with Gasteiger partial charge in [0.15, 0.2) is 0 Å². The number of aromatic nitrogens is 1. The Morgan fingerprint density at radius 1 is 1.27 bits per heavy atom. The first-order chi connectivity index (χ1) is 12.0. The maximum atomic E-state index is 12.7. The number of hydrogen-bond donors (Lipinski definition) is 2. The lowest BCUT2D eigenvalue weighted by molar-refractivity contribution is 0.0685. The quantitative estimate of drug-likeness (QED) is 0.745. The number of sulfonamides is 1. The van der Waals surface area contributed by atoms with Crippen molar-refractivity contribution in [1.29, 1.82) is 0 Å². The van der Waals surface area contributed by atoms with Crippen molar-refractivity contribution in [2.24, 2.45) is 5.92 Å². The Balaban J connectivity index is 0.00000243. The lowest BCUT2D eigenvalue weighted by Crippen LogP contribution is -2.40. The number of hydrogen-bond acceptors (Lipinski definition) is 5. The van der Waals surface area contributed by atoms with Crippen LogP contribution in [0.4, 0.5) is 0 Å². The fourth-order valence-corrected chi connectivity index (χ4v) is 5.95. The molecule has 1 amide bonds. The van der Waals surface area contributed by atoms with E-state index in [9.17, 15) is 13.2 Å². The van der Waals surface area contributed by atoms with E-state index in [1.165, 1.54) is 16.6 Å². The predicted octanol–water partition coefficient (Wildman–Crippen LogP) is 1.25. The predicted molar refractivity (Wildman–Crippen MR) is 107 cm³/mol. The Labute approximate surface area is 165 Å². The third kappa shape index (κ3) is 4.75. The standard InChI is InChI=1S/C16H26N4O3S2.ClH/c1-17-11-13-2-4-19(5-3-13)16(21)15-10-14(12-18-15)25(22,23)20-6-8-24-9-7-20;/h10,12-13,17-18H,2-9,11H2,1H3;1H. The van der Waals surface area contributed by atoms with Crippen LogP contribution in [-0.2, 0) is 10.0 Å². The molecule has 0 atom stereocenters. The molecule has 3 heterocycles. The number of nitrogens with zero attached hydrogens (tertiary/aromatic N) is 2. The summed E-state index contributed by atoms with van der Waals surface area (Å²) in [6, 6.07) is 1.49. The zero-order valence-electron chi connectivity index (χ0n) is 14.9. The second kappa shape index (κ2) is 9.45. The van der Waals surface area contributed by atoms with Gasteiger partial charge < -0.3 is 15.2 Å². The number of carbonyl (C=O) groups excluding carboxylic acids is 1. The molecule has 2 aliphatic heterocycles. The van der Waals surface area contributed by atoms with E-state index in [4.69, 9.17) is 0 Å². The van der Waals surface area contributed by atoms with Crippen LogP contribution >= 0.6 is 24.2 Å². The zero-order valence-corrected chi connectivity index (χ0v) is 17.4. The summed E-state index contributed by atoms with van der Waals surface area (Å²) in [5, 5.41) is 3.18. The summed E-state index contributed by atoms with van der Waals surface area (Å²) in [7, 11) is -1.57. The van der Waals surface area contributed by atoms with Crippen LogP contribution in [0.15, 0.2) is 17.2 Å². The van der Waals surface area contributed by atoms with E-state index in [2.05, 4.69) is 10.3 Å². The van der Waals surface area contributed by atoms with Crippen LogP contribution in [0.1, 0.15) is 23.3 Å². The molecule has 0 spiro atoms. The van der Waals surface area contributed by atoms with Crippen molar-refractivity contribution >= 4 is 40.1 Å². The first-order valence-corrected chi connectivity index (χ1v) is 11.3. The van der Waals surface area contributed by atoms with Crippen molar-refractivity contribution in [3.63, 3.8) is 0 Å². The van der Waals surface area contributed by atoms with Gasteiger partial charge in [-0.15, -0.1) is 12.4 Å². The molecular weight excluding hydrogens is 396 g/mol. The Morgan fingerprint density at radius 3 is 2.54 bits per heavy atom. The molecule has 0 unspecified atom stereocenters. The number of piperidine rings is 1. The molecule has 10 heteroatoms. The maximum Gasteiger partial charge on any atom is 0.270 e. The van der Waals surface area contributed by atoms with Crippen LogP contribution in [0.25, 0.3) is 0 Å². The first-order valence-electron chi connectivity index (χ1n) is 8.72. The fraction of sp³-hybridized carbons (Fsp3) is 0.688. The molecule has 2 N–H and O–H groups in total. The Bertz CT molecular complexity index is 696. The number of aromatic amines is 1. The van der Waals surface area contributed by atoms with E-state index >= 15 is 0 Å². The first kappa shape index (κ1) is 21.6. The molecule has 3 rings (SSSR count). The molecule has 2 aliphatic rings. The van der Waals surface area contributed by atoms with Crippen LogP contribution in [-0.4, -0.2) is 79.8 Å². The van der Waals surface area contributed by atoms with Gasteiger partial charge >= 0.3 is 0 Å². The van der Waals surface area contributed by atoms with Gasteiger partial charge in [0.05, 0.1) is 0 Å². The van der Waals surface area contributed by atoms with Gasteiger partial charge in [-0.1, -0.05) is 0 Å². The van der Waals surface area contributed by atoms with Crippen molar-refractivity contribution in [3.8, 4) is 0 Å². The second-order valence-electron chi connectivity index (χ2n) is 6.56. The average molecular weight is 423 g/mol. The third-order valence-electron chi connectivity index (χ3n) is 4.89. The highest BCUT2D eigenvalue weighted by atomic mass is 35.5. The number of H-pyrrole nitrogens is 1. The number of carbonyl (C=O) groups is 1. The lowest BCUT2D eigenvalue weighted by atomic mass is 9.96. The Kier molecular flexibility index (Phi) is 7.84.